The third-order valence-corrected chi connectivity index (χ3v) is 10.6. The molecule has 7 aromatic carbocycles. The predicted octanol–water partition coefficient (Wildman–Crippen LogP) is 15.0. The van der Waals surface area contributed by atoms with E-state index in [0.29, 0.717) is 5.69 Å². The van der Waals surface area contributed by atoms with Gasteiger partial charge in [-0.2, -0.15) is 0 Å². The third kappa shape index (κ3) is 7.32. The fourth-order valence-electron chi connectivity index (χ4n) is 7.75. The van der Waals surface area contributed by atoms with Gasteiger partial charge in [0.25, 0.3) is 5.69 Å². The molecule has 0 aliphatic carbocycles. The van der Waals surface area contributed by atoms with Crippen molar-refractivity contribution in [1.82, 2.24) is 9.97 Å². The summed E-state index contributed by atoms with van der Waals surface area (Å²) in [4.78, 5) is 12.6. The lowest BCUT2D eigenvalue weighted by Gasteiger charge is -2.18. The molecule has 2 heterocycles. The van der Waals surface area contributed by atoms with E-state index in [4.69, 9.17) is 11.6 Å². The van der Waals surface area contributed by atoms with E-state index in [1.54, 1.807) is 12.3 Å². The van der Waals surface area contributed by atoms with E-state index in [-0.39, 0.29) is 5.56 Å². The standard InChI is InChI=1S/C54H35F2N3/c1-35-29-41(44-18-10-9-17-43(44)40-25-28-51(58-33-40)47-26-27-50(55)54(57-2)53(47)56)31-42(30-35)45-19-11-12-20-46(45)49-34-59-52(39-15-7-4-8-16-39)32-48(49)38-23-21-37(22-24-38)36-13-5-3-6-14-36/h3-34H,1H3. The van der Waals surface area contributed by atoms with Gasteiger partial charge in [0.05, 0.1) is 18.0 Å². The highest BCUT2D eigenvalue weighted by atomic mass is 19.1. The summed E-state index contributed by atoms with van der Waals surface area (Å²) in [5, 5.41) is 0. The van der Waals surface area contributed by atoms with Gasteiger partial charge in [0.1, 0.15) is 11.6 Å². The minimum absolute atomic E-state index is 0.0801. The molecule has 0 aliphatic heterocycles. The normalized spacial score (nSPS) is 10.9. The highest BCUT2D eigenvalue weighted by Gasteiger charge is 2.19. The molecule has 2 aromatic heterocycles. The van der Waals surface area contributed by atoms with Gasteiger partial charge in [-0.3, -0.25) is 9.97 Å². The van der Waals surface area contributed by atoms with Crippen LogP contribution in [-0.4, -0.2) is 9.97 Å². The fourth-order valence-corrected chi connectivity index (χ4v) is 7.75. The van der Waals surface area contributed by atoms with Crippen LogP contribution in [0.1, 0.15) is 5.56 Å². The maximum Gasteiger partial charge on any atom is 0.257 e. The first-order valence-electron chi connectivity index (χ1n) is 19.3. The van der Waals surface area contributed by atoms with Gasteiger partial charge in [-0.1, -0.05) is 152 Å². The average Bonchev–Trinajstić information content (AvgIpc) is 3.29. The van der Waals surface area contributed by atoms with Gasteiger partial charge < -0.3 is 0 Å². The highest BCUT2D eigenvalue weighted by molar-refractivity contribution is 5.94. The van der Waals surface area contributed by atoms with E-state index in [2.05, 4.69) is 132 Å². The fraction of sp³-hybridized carbons (Fsp3) is 0.0185. The SMILES string of the molecule is [C-]#[N+]c1c(F)ccc(-c2ccc(-c3ccccc3-c3cc(C)cc(-c4ccccc4-c4cnc(-c5ccccc5)cc4-c4ccc(-c5ccccc5)cc4)c3)cn2)c1F. The van der Waals surface area contributed by atoms with E-state index in [0.717, 1.165) is 84.1 Å². The zero-order chi connectivity index (χ0) is 40.3. The van der Waals surface area contributed by atoms with Crippen molar-refractivity contribution in [1.29, 1.82) is 0 Å². The maximum atomic E-state index is 15.1. The number of benzene rings is 7. The number of rotatable bonds is 8. The number of halogens is 2. The molecule has 3 nitrogen and oxygen atoms in total. The van der Waals surface area contributed by atoms with Crippen LogP contribution in [0.3, 0.4) is 0 Å². The number of aryl methyl sites for hydroxylation is 1. The zero-order valence-corrected chi connectivity index (χ0v) is 32.1. The molecule has 280 valence electrons. The summed E-state index contributed by atoms with van der Waals surface area (Å²) in [6, 6.07) is 60.9. The number of pyridine rings is 2. The lowest BCUT2D eigenvalue weighted by Crippen LogP contribution is -1.94. The molecule has 59 heavy (non-hydrogen) atoms. The van der Waals surface area contributed by atoms with Crippen LogP contribution in [-0.2, 0) is 0 Å². The molecule has 5 heteroatoms. The molecule has 0 saturated heterocycles. The number of hydrogen-bond acceptors (Lipinski definition) is 2. The van der Waals surface area contributed by atoms with E-state index >= 15 is 4.39 Å². The molecular weight excluding hydrogens is 729 g/mol. The molecule has 0 bridgehead atoms. The number of aromatic nitrogens is 2. The van der Waals surface area contributed by atoms with Gasteiger partial charge in [-0.05, 0) is 98.5 Å². The summed E-state index contributed by atoms with van der Waals surface area (Å²) in [5.74, 6) is -1.80. The van der Waals surface area contributed by atoms with Gasteiger partial charge in [0.15, 0.2) is 0 Å². The summed E-state index contributed by atoms with van der Waals surface area (Å²) in [5.41, 5.74) is 15.4. The first-order chi connectivity index (χ1) is 28.9. The van der Waals surface area contributed by atoms with Crippen molar-refractivity contribution in [2.24, 2.45) is 0 Å². The Labute approximate surface area is 342 Å². The van der Waals surface area contributed by atoms with Crippen molar-refractivity contribution in [2.75, 3.05) is 0 Å². The molecule has 0 saturated carbocycles. The number of nitrogens with zero attached hydrogens (tertiary/aromatic N) is 3. The molecule has 9 rings (SSSR count). The van der Waals surface area contributed by atoms with Crippen LogP contribution in [0.5, 0.6) is 0 Å². The second kappa shape index (κ2) is 16.0. The van der Waals surface area contributed by atoms with Crippen LogP contribution in [0.25, 0.3) is 94.1 Å². The van der Waals surface area contributed by atoms with Gasteiger partial charge in [0, 0.05) is 34.6 Å². The Hall–Kier alpha value is -7.81. The summed E-state index contributed by atoms with van der Waals surface area (Å²) in [6.45, 7) is 9.32. The van der Waals surface area contributed by atoms with Crippen molar-refractivity contribution in [3.05, 3.63) is 223 Å². The first-order valence-corrected chi connectivity index (χ1v) is 19.3. The topological polar surface area (TPSA) is 30.1 Å². The van der Waals surface area contributed by atoms with E-state index in [1.807, 2.05) is 54.7 Å². The van der Waals surface area contributed by atoms with E-state index in [9.17, 15) is 4.39 Å². The average molecular weight is 764 g/mol. The Morgan fingerprint density at radius 3 is 1.54 bits per heavy atom. The van der Waals surface area contributed by atoms with Crippen LogP contribution < -0.4 is 0 Å². The van der Waals surface area contributed by atoms with Crippen LogP contribution in [0.15, 0.2) is 194 Å². The largest absolute Gasteiger partial charge is 0.257 e. The maximum absolute atomic E-state index is 15.1. The molecule has 9 aromatic rings. The minimum atomic E-state index is -0.913. The Kier molecular flexibility index (Phi) is 9.97. The van der Waals surface area contributed by atoms with Gasteiger partial charge in [-0.25, -0.2) is 13.6 Å². The van der Waals surface area contributed by atoms with E-state index in [1.165, 1.54) is 11.6 Å². The number of hydrogen-bond donors (Lipinski definition) is 0. The Balaban J connectivity index is 1.12. The second-order valence-corrected chi connectivity index (χ2v) is 14.4. The van der Waals surface area contributed by atoms with E-state index < -0.39 is 17.3 Å². The molecule has 0 amide bonds. The molecule has 0 atom stereocenters. The molecule has 0 fully saturated rings. The lowest BCUT2D eigenvalue weighted by atomic mass is 9.87. The monoisotopic (exact) mass is 763 g/mol. The molecular formula is C54H35F2N3. The van der Waals surface area contributed by atoms with Crippen molar-refractivity contribution in [3.63, 3.8) is 0 Å². The lowest BCUT2D eigenvalue weighted by molar-refractivity contribution is 0.595. The Bertz CT molecular complexity index is 3010. The van der Waals surface area contributed by atoms with Crippen molar-refractivity contribution in [3.8, 4) is 89.3 Å². The van der Waals surface area contributed by atoms with Crippen molar-refractivity contribution in [2.45, 2.75) is 6.92 Å². The molecule has 0 spiro atoms. The van der Waals surface area contributed by atoms with Gasteiger partial charge in [-0.15, -0.1) is 0 Å². The smallest absolute Gasteiger partial charge is 0.256 e. The third-order valence-electron chi connectivity index (χ3n) is 10.6. The van der Waals surface area contributed by atoms with Gasteiger partial charge >= 0.3 is 0 Å². The summed E-state index contributed by atoms with van der Waals surface area (Å²) in [7, 11) is 0. The summed E-state index contributed by atoms with van der Waals surface area (Å²) >= 11 is 0. The van der Waals surface area contributed by atoms with Crippen LogP contribution >= 0.6 is 0 Å². The summed E-state index contributed by atoms with van der Waals surface area (Å²) in [6.07, 6.45) is 3.70. The van der Waals surface area contributed by atoms with Crippen LogP contribution in [0.2, 0.25) is 0 Å². The predicted molar refractivity (Wildman–Crippen MR) is 236 cm³/mol. The van der Waals surface area contributed by atoms with Gasteiger partial charge in [0.2, 0.25) is 0 Å². The van der Waals surface area contributed by atoms with Crippen molar-refractivity contribution < 1.29 is 8.78 Å². The quantitative estimate of drug-likeness (QED) is 0.144. The molecule has 0 aliphatic rings. The second-order valence-electron chi connectivity index (χ2n) is 14.4. The summed E-state index contributed by atoms with van der Waals surface area (Å²) < 4.78 is 29.1. The first kappa shape index (κ1) is 36.8. The van der Waals surface area contributed by atoms with Crippen molar-refractivity contribution >= 4 is 5.69 Å². The molecule has 0 N–H and O–H groups in total. The Morgan fingerprint density at radius 2 is 0.915 bits per heavy atom. The van der Waals surface area contributed by atoms with Crippen LogP contribution in [0.4, 0.5) is 14.5 Å². The highest BCUT2D eigenvalue weighted by Crippen LogP contribution is 2.42. The zero-order valence-electron chi connectivity index (χ0n) is 32.1. The Morgan fingerprint density at radius 1 is 0.390 bits per heavy atom. The molecule has 0 unspecified atom stereocenters. The van der Waals surface area contributed by atoms with Crippen LogP contribution in [0, 0.1) is 25.1 Å². The minimum Gasteiger partial charge on any atom is -0.256 e. The molecule has 0 radical (unpaired) electrons.